The monoisotopic (exact) mass is 426 g/mol. The summed E-state index contributed by atoms with van der Waals surface area (Å²) in [5, 5.41) is 7.52. The maximum atomic E-state index is 5.38. The lowest BCUT2D eigenvalue weighted by Crippen LogP contribution is -2.52. The Labute approximate surface area is 184 Å². The first-order valence-electron chi connectivity index (χ1n) is 11.3. The van der Waals surface area contributed by atoms with E-state index >= 15 is 0 Å². The van der Waals surface area contributed by atoms with Crippen molar-refractivity contribution in [1.29, 1.82) is 0 Å². The summed E-state index contributed by atoms with van der Waals surface area (Å²) in [4.78, 5) is 12.3. The van der Waals surface area contributed by atoms with Gasteiger partial charge in [-0.3, -0.25) is 9.89 Å². The molecule has 0 amide bonds. The van der Waals surface area contributed by atoms with E-state index in [1.54, 1.807) is 13.4 Å². The van der Waals surface area contributed by atoms with Crippen LogP contribution in [0, 0.1) is 5.92 Å². The van der Waals surface area contributed by atoms with Crippen molar-refractivity contribution in [2.75, 3.05) is 64.4 Å². The van der Waals surface area contributed by atoms with Gasteiger partial charge in [0, 0.05) is 76.7 Å². The number of aromatic nitrogens is 1. The lowest BCUT2D eigenvalue weighted by atomic mass is 10.1. The number of benzene rings is 1. The summed E-state index contributed by atoms with van der Waals surface area (Å²) in [7, 11) is 1.72. The van der Waals surface area contributed by atoms with Crippen molar-refractivity contribution in [2.45, 2.75) is 19.9 Å². The molecule has 168 valence electrons. The second-order valence-corrected chi connectivity index (χ2v) is 8.25. The van der Waals surface area contributed by atoms with Gasteiger partial charge in [0.1, 0.15) is 12.0 Å². The van der Waals surface area contributed by atoms with Gasteiger partial charge in [-0.1, -0.05) is 11.2 Å². The van der Waals surface area contributed by atoms with Crippen molar-refractivity contribution in [3.05, 3.63) is 42.3 Å². The highest BCUT2D eigenvalue weighted by Gasteiger charge is 2.24. The standard InChI is InChI=1S/C23H34N6O2/c1-3-24-23(28-12-10-27(11-13-28)18-20-8-14-31-26-20)25-16-19-7-9-29(17-19)21-5-4-6-22(15-21)30-2/h4-6,8,14-15,19H,3,7,9-13,16-18H2,1-2H3,(H,24,25). The highest BCUT2D eigenvalue weighted by atomic mass is 16.5. The molecule has 8 nitrogen and oxygen atoms in total. The Morgan fingerprint density at radius 1 is 1.23 bits per heavy atom. The molecule has 0 bridgehead atoms. The molecule has 0 radical (unpaired) electrons. The predicted octanol–water partition coefficient (Wildman–Crippen LogP) is 2.29. The molecule has 1 unspecified atom stereocenters. The average molecular weight is 427 g/mol. The number of nitrogens with zero attached hydrogens (tertiary/aromatic N) is 5. The summed E-state index contributed by atoms with van der Waals surface area (Å²) in [5.41, 5.74) is 2.23. The highest BCUT2D eigenvalue weighted by Crippen LogP contribution is 2.27. The lowest BCUT2D eigenvalue weighted by molar-refractivity contribution is 0.169. The van der Waals surface area contributed by atoms with Gasteiger partial charge in [0.2, 0.25) is 0 Å². The Hall–Kier alpha value is -2.74. The zero-order valence-electron chi connectivity index (χ0n) is 18.7. The fourth-order valence-electron chi connectivity index (χ4n) is 4.33. The number of ether oxygens (including phenoxy) is 1. The van der Waals surface area contributed by atoms with Gasteiger partial charge >= 0.3 is 0 Å². The molecule has 1 N–H and O–H groups in total. The first-order chi connectivity index (χ1) is 15.2. The van der Waals surface area contributed by atoms with Crippen LogP contribution in [-0.2, 0) is 6.54 Å². The van der Waals surface area contributed by atoms with Crippen molar-refractivity contribution < 1.29 is 9.26 Å². The summed E-state index contributed by atoms with van der Waals surface area (Å²) < 4.78 is 10.3. The van der Waals surface area contributed by atoms with Crippen molar-refractivity contribution in [3.8, 4) is 5.75 Å². The third kappa shape index (κ3) is 5.70. The molecule has 1 aromatic carbocycles. The molecule has 0 aliphatic carbocycles. The first kappa shape index (κ1) is 21.5. The molecule has 31 heavy (non-hydrogen) atoms. The molecule has 2 saturated heterocycles. The van der Waals surface area contributed by atoms with Crippen LogP contribution in [0.3, 0.4) is 0 Å². The Bertz CT molecular complexity index is 832. The van der Waals surface area contributed by atoms with Gasteiger partial charge in [0.05, 0.1) is 12.8 Å². The van der Waals surface area contributed by atoms with Crippen LogP contribution in [0.4, 0.5) is 5.69 Å². The maximum absolute atomic E-state index is 5.38. The number of methoxy groups -OCH3 is 1. The number of aliphatic imine (C=N–C) groups is 1. The highest BCUT2D eigenvalue weighted by molar-refractivity contribution is 5.80. The predicted molar refractivity (Wildman–Crippen MR) is 123 cm³/mol. The molecular formula is C23H34N6O2. The van der Waals surface area contributed by atoms with Crippen molar-refractivity contribution in [1.82, 2.24) is 20.3 Å². The first-order valence-corrected chi connectivity index (χ1v) is 11.3. The Morgan fingerprint density at radius 3 is 2.84 bits per heavy atom. The second kappa shape index (κ2) is 10.5. The minimum absolute atomic E-state index is 0.577. The van der Waals surface area contributed by atoms with E-state index in [-0.39, 0.29) is 0 Å². The van der Waals surface area contributed by atoms with Crippen LogP contribution in [0.1, 0.15) is 19.0 Å². The Balaban J connectivity index is 1.29. The van der Waals surface area contributed by atoms with Crippen LogP contribution in [0.2, 0.25) is 0 Å². The topological polar surface area (TPSA) is 69.4 Å². The number of piperazine rings is 1. The number of guanidine groups is 1. The molecule has 8 heteroatoms. The van der Waals surface area contributed by atoms with Gasteiger partial charge in [-0.2, -0.15) is 0 Å². The molecule has 0 saturated carbocycles. The van der Waals surface area contributed by atoms with E-state index in [0.717, 1.165) is 76.3 Å². The van der Waals surface area contributed by atoms with Gasteiger partial charge in [0.25, 0.3) is 0 Å². The third-order valence-electron chi connectivity index (χ3n) is 6.09. The number of hydrogen-bond acceptors (Lipinski definition) is 6. The van der Waals surface area contributed by atoms with Crippen LogP contribution >= 0.6 is 0 Å². The minimum Gasteiger partial charge on any atom is -0.497 e. The van der Waals surface area contributed by atoms with Gasteiger partial charge in [0.15, 0.2) is 5.96 Å². The molecule has 0 spiro atoms. The molecule has 4 rings (SSSR count). The molecule has 2 fully saturated rings. The fraction of sp³-hybridized carbons (Fsp3) is 0.565. The molecule has 2 aliphatic rings. The second-order valence-electron chi connectivity index (χ2n) is 8.25. The molecular weight excluding hydrogens is 392 g/mol. The minimum atomic E-state index is 0.577. The smallest absolute Gasteiger partial charge is 0.194 e. The summed E-state index contributed by atoms with van der Waals surface area (Å²) in [6.45, 7) is 10.8. The van der Waals surface area contributed by atoms with E-state index in [1.165, 1.54) is 12.1 Å². The zero-order chi connectivity index (χ0) is 21.5. The molecule has 1 aromatic heterocycles. The lowest BCUT2D eigenvalue weighted by Gasteiger charge is -2.36. The largest absolute Gasteiger partial charge is 0.497 e. The zero-order valence-corrected chi connectivity index (χ0v) is 18.7. The van der Waals surface area contributed by atoms with E-state index in [2.05, 4.69) is 50.3 Å². The summed E-state index contributed by atoms with van der Waals surface area (Å²) >= 11 is 0. The van der Waals surface area contributed by atoms with Crippen LogP contribution in [0.5, 0.6) is 5.75 Å². The van der Waals surface area contributed by atoms with E-state index < -0.39 is 0 Å². The fourth-order valence-corrected chi connectivity index (χ4v) is 4.33. The van der Waals surface area contributed by atoms with Gasteiger partial charge in [-0.25, -0.2) is 0 Å². The van der Waals surface area contributed by atoms with E-state index in [1.807, 2.05) is 12.1 Å². The number of nitrogens with one attached hydrogen (secondary N) is 1. The van der Waals surface area contributed by atoms with Crippen LogP contribution < -0.4 is 15.0 Å². The normalized spacial score (nSPS) is 20.3. The summed E-state index contributed by atoms with van der Waals surface area (Å²) in [5.74, 6) is 2.54. The average Bonchev–Trinajstić information content (AvgIpc) is 3.50. The third-order valence-corrected chi connectivity index (χ3v) is 6.09. The van der Waals surface area contributed by atoms with Gasteiger partial charge < -0.3 is 24.4 Å². The van der Waals surface area contributed by atoms with Crippen LogP contribution in [0.25, 0.3) is 0 Å². The summed E-state index contributed by atoms with van der Waals surface area (Å²) in [6, 6.07) is 10.3. The SMILES string of the molecule is CCNC(=NCC1CCN(c2cccc(OC)c2)C1)N1CCN(Cc2ccon2)CC1. The summed E-state index contributed by atoms with van der Waals surface area (Å²) in [6.07, 6.45) is 2.81. The van der Waals surface area contributed by atoms with Crippen molar-refractivity contribution >= 4 is 11.6 Å². The number of anilines is 1. The Kier molecular flexibility index (Phi) is 7.30. The molecule has 2 aliphatic heterocycles. The van der Waals surface area contributed by atoms with Gasteiger partial charge in [-0.15, -0.1) is 0 Å². The maximum Gasteiger partial charge on any atom is 0.194 e. The molecule has 2 aromatic rings. The molecule has 3 heterocycles. The van der Waals surface area contributed by atoms with E-state index in [0.29, 0.717) is 5.92 Å². The Morgan fingerprint density at radius 2 is 2.10 bits per heavy atom. The van der Waals surface area contributed by atoms with Crippen LogP contribution in [0.15, 0.2) is 46.1 Å². The van der Waals surface area contributed by atoms with Crippen LogP contribution in [-0.4, -0.2) is 80.4 Å². The van der Waals surface area contributed by atoms with E-state index in [4.69, 9.17) is 14.3 Å². The van der Waals surface area contributed by atoms with Crippen molar-refractivity contribution in [3.63, 3.8) is 0 Å². The molecule has 1 atom stereocenters. The number of rotatable bonds is 7. The van der Waals surface area contributed by atoms with E-state index in [9.17, 15) is 0 Å². The quantitative estimate of drug-likeness (QED) is 0.538. The van der Waals surface area contributed by atoms with Gasteiger partial charge in [-0.05, 0) is 31.4 Å². The number of hydrogen-bond donors (Lipinski definition) is 1. The van der Waals surface area contributed by atoms with Crippen molar-refractivity contribution in [2.24, 2.45) is 10.9 Å².